The summed E-state index contributed by atoms with van der Waals surface area (Å²) in [6.07, 6.45) is 3.80. The van der Waals surface area contributed by atoms with Gasteiger partial charge in [0, 0.05) is 49.7 Å². The van der Waals surface area contributed by atoms with Gasteiger partial charge in [-0.05, 0) is 106 Å². The van der Waals surface area contributed by atoms with Crippen LogP contribution in [0.4, 0.5) is 11.4 Å². The summed E-state index contributed by atoms with van der Waals surface area (Å²) in [5.41, 5.74) is 4.43. The molecule has 6 aromatic rings. The van der Waals surface area contributed by atoms with E-state index in [1.165, 1.54) is 15.6 Å². The van der Waals surface area contributed by atoms with E-state index in [9.17, 15) is 24.0 Å². The molecule has 0 spiro atoms. The number of aromatic nitrogens is 6. The van der Waals surface area contributed by atoms with Gasteiger partial charge < -0.3 is 35.6 Å². The first-order valence-electron chi connectivity index (χ1n) is 21.0. The smallest absolute Gasteiger partial charge is 0.309 e. The molecule has 2 fully saturated rings. The molecule has 0 aliphatic carbocycles. The Labute approximate surface area is 395 Å². The number of hydrogen-bond acceptors (Lipinski definition) is 13. The van der Waals surface area contributed by atoms with Gasteiger partial charge in [-0.25, -0.2) is 9.36 Å². The first-order valence-corrected chi connectivity index (χ1v) is 21.7. The third-order valence-electron chi connectivity index (χ3n) is 9.89. The normalized spacial score (nSPS) is 13.5. The summed E-state index contributed by atoms with van der Waals surface area (Å²) in [5.74, 6) is -1.53. The Morgan fingerprint density at radius 1 is 0.701 bits per heavy atom. The standard InChI is InChI=1S/C23H24ClN5O4.C19H17ClN4O3.C4H7NO2/c1-14(2)33-21-8-5-17(9-19(21)24)25-22(30)20-13-29(27-26-20)18-6-3-15(4-7-18)10-28-11-16(12-28)23(31)32;1-12(2)27-18-8-5-14(9-16(18)20)21-19(26)17-10-24(23-22-17)15-6-3-13(11-25)4-7-15;6-4(7)3-1-5-2-3/h3-9,13-14,16H,10-12H2,1-2H3,(H,25,30)(H,31,32);3-12H,1-2H3,(H,21,26);3,5H,1-2H2,(H,6,7). The van der Waals surface area contributed by atoms with Gasteiger partial charge in [0.05, 0.1) is 57.9 Å². The molecule has 2 saturated heterocycles. The fourth-order valence-corrected chi connectivity index (χ4v) is 6.72. The quantitative estimate of drug-likeness (QED) is 0.0686. The average Bonchev–Trinajstić information content (AvgIpc) is 3.96. The van der Waals surface area contributed by atoms with Crippen molar-refractivity contribution >= 4 is 64.6 Å². The maximum absolute atomic E-state index is 12.6. The van der Waals surface area contributed by atoms with E-state index >= 15 is 0 Å². The number of ether oxygens (including phenoxy) is 2. The average molecular weight is 956 g/mol. The lowest BCUT2D eigenvalue weighted by molar-refractivity contribution is -0.148. The van der Waals surface area contributed by atoms with E-state index in [0.29, 0.717) is 76.9 Å². The molecule has 2 amide bonds. The van der Waals surface area contributed by atoms with Crippen molar-refractivity contribution in [1.82, 2.24) is 40.2 Å². The minimum absolute atomic E-state index is 0.00132. The van der Waals surface area contributed by atoms with E-state index in [0.717, 1.165) is 17.5 Å². The topological polar surface area (TPSA) is 245 Å². The Morgan fingerprint density at radius 3 is 1.51 bits per heavy atom. The summed E-state index contributed by atoms with van der Waals surface area (Å²) in [6.45, 7) is 10.7. The van der Waals surface area contributed by atoms with Crippen LogP contribution in [0.1, 0.15) is 64.6 Å². The zero-order chi connectivity index (χ0) is 48.2. The summed E-state index contributed by atoms with van der Waals surface area (Å²) in [4.78, 5) is 58.6. The second-order valence-corrected chi connectivity index (χ2v) is 16.7. The highest BCUT2D eigenvalue weighted by Gasteiger charge is 2.32. The number of likely N-dealkylation sites (tertiary alicyclic amines) is 1. The molecule has 0 radical (unpaired) electrons. The van der Waals surface area contributed by atoms with Gasteiger partial charge in [0.1, 0.15) is 17.8 Å². The number of amides is 2. The number of carbonyl (C=O) groups excluding carboxylic acids is 3. The molecule has 0 atom stereocenters. The molecule has 21 heteroatoms. The fraction of sp³-hybridized carbons (Fsp3) is 0.283. The molecule has 8 rings (SSSR count). The van der Waals surface area contributed by atoms with E-state index in [2.05, 4.69) is 41.5 Å². The molecule has 0 saturated carbocycles. The number of aldehydes is 1. The molecular weight excluding hydrogens is 907 g/mol. The number of hydrogen-bond donors (Lipinski definition) is 5. The van der Waals surface area contributed by atoms with Gasteiger partial charge in [-0.1, -0.05) is 45.8 Å². The van der Waals surface area contributed by atoms with Crippen LogP contribution in [0, 0.1) is 11.8 Å². The fourth-order valence-electron chi connectivity index (χ4n) is 6.27. The zero-order valence-corrected chi connectivity index (χ0v) is 38.3. The minimum Gasteiger partial charge on any atom is -0.489 e. The van der Waals surface area contributed by atoms with Gasteiger partial charge in [0.25, 0.3) is 11.8 Å². The second kappa shape index (κ2) is 22.8. The van der Waals surface area contributed by atoms with Crippen LogP contribution in [-0.4, -0.2) is 114 Å². The van der Waals surface area contributed by atoms with E-state index < -0.39 is 23.8 Å². The Bertz CT molecular complexity index is 2680. The van der Waals surface area contributed by atoms with Gasteiger partial charge in [-0.15, -0.1) is 10.2 Å². The molecule has 4 aromatic carbocycles. The maximum Gasteiger partial charge on any atom is 0.309 e. The third-order valence-corrected chi connectivity index (χ3v) is 10.5. The first kappa shape index (κ1) is 49.2. The molecule has 0 bridgehead atoms. The van der Waals surface area contributed by atoms with Crippen molar-refractivity contribution in [2.24, 2.45) is 11.8 Å². The monoisotopic (exact) mass is 954 g/mol. The van der Waals surface area contributed by atoms with Gasteiger partial charge in [0.15, 0.2) is 11.4 Å². The summed E-state index contributed by atoms with van der Waals surface area (Å²) >= 11 is 12.4. The number of nitrogens with zero attached hydrogens (tertiary/aromatic N) is 7. The summed E-state index contributed by atoms with van der Waals surface area (Å²) in [7, 11) is 0. The number of anilines is 2. The lowest BCUT2D eigenvalue weighted by atomic mass is 9.99. The van der Waals surface area contributed by atoms with Crippen LogP contribution in [0.15, 0.2) is 97.3 Å². The van der Waals surface area contributed by atoms with Crippen molar-refractivity contribution in [3.63, 3.8) is 0 Å². The molecule has 2 aromatic heterocycles. The number of benzene rings is 4. The number of carbonyl (C=O) groups is 5. The summed E-state index contributed by atoms with van der Waals surface area (Å²) < 4.78 is 14.1. The van der Waals surface area contributed by atoms with Crippen molar-refractivity contribution in [3.05, 3.63) is 130 Å². The number of carboxylic acids is 2. The van der Waals surface area contributed by atoms with Gasteiger partial charge >= 0.3 is 11.9 Å². The van der Waals surface area contributed by atoms with Crippen LogP contribution in [0.25, 0.3) is 11.4 Å². The van der Waals surface area contributed by atoms with E-state index in [4.69, 9.17) is 42.9 Å². The Balaban J connectivity index is 0.000000195. The maximum atomic E-state index is 12.6. The van der Waals surface area contributed by atoms with Crippen LogP contribution in [0.3, 0.4) is 0 Å². The third kappa shape index (κ3) is 13.9. The number of aliphatic carboxylic acids is 2. The lowest BCUT2D eigenvalue weighted by Crippen LogP contribution is -2.49. The van der Waals surface area contributed by atoms with Gasteiger partial charge in [0.2, 0.25) is 0 Å². The van der Waals surface area contributed by atoms with Gasteiger partial charge in [-0.2, -0.15) is 0 Å². The molecule has 2 aliphatic rings. The van der Waals surface area contributed by atoms with Crippen molar-refractivity contribution in [3.8, 4) is 22.9 Å². The highest BCUT2D eigenvalue weighted by Crippen LogP contribution is 2.30. The highest BCUT2D eigenvalue weighted by molar-refractivity contribution is 6.32. The summed E-state index contributed by atoms with van der Waals surface area (Å²) in [6, 6.07) is 24.5. The number of halogens is 2. The lowest BCUT2D eigenvalue weighted by Gasteiger charge is -2.36. The Kier molecular flexibility index (Phi) is 16.8. The van der Waals surface area contributed by atoms with Crippen LogP contribution in [0.2, 0.25) is 10.0 Å². The van der Waals surface area contributed by atoms with Crippen LogP contribution in [0.5, 0.6) is 11.5 Å². The van der Waals surface area contributed by atoms with Crippen molar-refractivity contribution in [1.29, 1.82) is 0 Å². The number of rotatable bonds is 15. The molecule has 19 nitrogen and oxygen atoms in total. The molecule has 4 heterocycles. The first-order chi connectivity index (χ1) is 32.0. The zero-order valence-electron chi connectivity index (χ0n) is 36.8. The Hall–Kier alpha value is -7.19. The van der Waals surface area contributed by atoms with Crippen molar-refractivity contribution < 1.29 is 43.7 Å². The molecule has 5 N–H and O–H groups in total. The van der Waals surface area contributed by atoms with Gasteiger partial charge in [-0.3, -0.25) is 28.9 Å². The molecule has 67 heavy (non-hydrogen) atoms. The highest BCUT2D eigenvalue weighted by atomic mass is 35.5. The van der Waals surface area contributed by atoms with Crippen molar-refractivity contribution in [2.45, 2.75) is 46.4 Å². The predicted octanol–water partition coefficient (Wildman–Crippen LogP) is 6.54. The molecule has 350 valence electrons. The van der Waals surface area contributed by atoms with Crippen molar-refractivity contribution in [2.75, 3.05) is 36.8 Å². The minimum atomic E-state index is -0.743. The van der Waals surface area contributed by atoms with E-state index in [1.54, 1.807) is 66.9 Å². The molecule has 2 aliphatic heterocycles. The summed E-state index contributed by atoms with van der Waals surface area (Å²) in [5, 5.41) is 42.1. The number of carboxylic acid groups (broad SMARTS) is 2. The number of nitrogens with one attached hydrogen (secondary N) is 3. The molecule has 0 unspecified atom stereocenters. The van der Waals surface area contributed by atoms with E-state index in [-0.39, 0.29) is 35.4 Å². The van der Waals surface area contributed by atoms with Crippen LogP contribution in [-0.2, 0) is 16.1 Å². The SMILES string of the molecule is CC(C)Oc1ccc(NC(=O)c2cn(-c3ccc(C=O)cc3)nn2)cc1Cl.CC(C)Oc1ccc(NC(=O)c2cn(-c3ccc(CN4CC(C(=O)O)C4)cc3)nn2)cc1Cl.O=C(O)C1CNC1. The van der Waals surface area contributed by atoms with Crippen LogP contribution >= 0.6 is 23.2 Å². The molecular formula is C46H48Cl2N10O9. The largest absolute Gasteiger partial charge is 0.489 e. The second-order valence-electron chi connectivity index (χ2n) is 15.9. The van der Waals surface area contributed by atoms with Crippen LogP contribution < -0.4 is 25.4 Å². The Morgan fingerprint density at radius 2 is 1.15 bits per heavy atom. The van der Waals surface area contributed by atoms with E-state index in [1.807, 2.05) is 52.0 Å². The predicted molar refractivity (Wildman–Crippen MR) is 249 cm³/mol.